The molecule has 7 nitrogen and oxygen atoms in total. The van der Waals surface area contributed by atoms with Crippen molar-refractivity contribution in [2.24, 2.45) is 0 Å². The summed E-state index contributed by atoms with van der Waals surface area (Å²) >= 11 is 0. The number of carbonyl (C=O) groups excluding carboxylic acids is 1. The number of rotatable bonds is 5. The van der Waals surface area contributed by atoms with Crippen molar-refractivity contribution in [2.75, 3.05) is 26.2 Å². The number of benzene rings is 2. The first-order valence-corrected chi connectivity index (χ1v) is 10.1. The van der Waals surface area contributed by atoms with Gasteiger partial charge in [-0.05, 0) is 30.3 Å². The number of hydrogen-bond donors (Lipinski definition) is 0. The van der Waals surface area contributed by atoms with Crippen molar-refractivity contribution in [1.29, 1.82) is 5.26 Å². The third-order valence-electron chi connectivity index (χ3n) is 4.46. The molecule has 1 aliphatic rings. The van der Waals surface area contributed by atoms with Crippen molar-refractivity contribution in [3.05, 3.63) is 59.7 Å². The maximum Gasteiger partial charge on any atom is 0.387 e. The molecule has 1 heterocycles. The van der Waals surface area contributed by atoms with Crippen LogP contribution in [-0.4, -0.2) is 56.3 Å². The number of sulfonamides is 1. The van der Waals surface area contributed by atoms with Gasteiger partial charge in [-0.1, -0.05) is 18.2 Å². The second-order valence-corrected chi connectivity index (χ2v) is 8.12. The largest absolute Gasteiger partial charge is 0.435 e. The number of alkyl halides is 2. The number of nitriles is 1. The van der Waals surface area contributed by atoms with Crippen molar-refractivity contribution in [1.82, 2.24) is 9.21 Å². The third kappa shape index (κ3) is 4.52. The zero-order chi connectivity index (χ0) is 21.0. The monoisotopic (exact) mass is 421 g/mol. The second kappa shape index (κ2) is 8.55. The van der Waals surface area contributed by atoms with Gasteiger partial charge in [0.25, 0.3) is 5.91 Å². The summed E-state index contributed by atoms with van der Waals surface area (Å²) in [5.74, 6) is -0.528. The van der Waals surface area contributed by atoms with Gasteiger partial charge in [0.05, 0.1) is 10.5 Å². The fourth-order valence-electron chi connectivity index (χ4n) is 3.04. The Morgan fingerprint density at radius 1 is 1.07 bits per heavy atom. The molecule has 3 rings (SSSR count). The topological polar surface area (TPSA) is 90.7 Å². The van der Waals surface area contributed by atoms with Gasteiger partial charge >= 0.3 is 6.61 Å². The Morgan fingerprint density at radius 3 is 2.41 bits per heavy atom. The van der Waals surface area contributed by atoms with Crippen LogP contribution in [0.3, 0.4) is 0 Å². The first-order chi connectivity index (χ1) is 13.8. The lowest BCUT2D eigenvalue weighted by Gasteiger charge is -2.34. The highest BCUT2D eigenvalue weighted by molar-refractivity contribution is 7.89. The number of halogens is 2. The predicted molar refractivity (Wildman–Crippen MR) is 98.9 cm³/mol. The molecule has 2 aromatic carbocycles. The maximum absolute atomic E-state index is 12.8. The van der Waals surface area contributed by atoms with Crippen LogP contribution >= 0.6 is 0 Å². The van der Waals surface area contributed by atoms with Gasteiger partial charge in [0.2, 0.25) is 10.0 Å². The summed E-state index contributed by atoms with van der Waals surface area (Å²) in [5.41, 5.74) is 0.233. The smallest absolute Gasteiger partial charge is 0.387 e. The minimum Gasteiger partial charge on any atom is -0.435 e. The molecule has 0 aliphatic carbocycles. The summed E-state index contributed by atoms with van der Waals surface area (Å²) in [6, 6.07) is 13.3. The summed E-state index contributed by atoms with van der Waals surface area (Å²) in [6.45, 7) is -2.62. The van der Waals surface area contributed by atoms with Crippen LogP contribution in [0.15, 0.2) is 53.4 Å². The Bertz CT molecular complexity index is 1050. The quantitative estimate of drug-likeness (QED) is 0.739. The molecule has 2 aromatic rings. The van der Waals surface area contributed by atoms with E-state index in [0.717, 1.165) is 0 Å². The van der Waals surface area contributed by atoms with E-state index >= 15 is 0 Å². The third-order valence-corrected chi connectivity index (χ3v) is 6.41. The van der Waals surface area contributed by atoms with E-state index in [-0.39, 0.29) is 48.0 Å². The SMILES string of the molecule is N#Cc1ccccc1S(=O)(=O)N1CCN(C(=O)c2cccc(OC(F)F)c2)CC1. The van der Waals surface area contributed by atoms with Crippen LogP contribution in [-0.2, 0) is 10.0 Å². The van der Waals surface area contributed by atoms with Gasteiger partial charge in [-0.2, -0.15) is 18.3 Å². The Kier molecular flexibility index (Phi) is 6.10. The van der Waals surface area contributed by atoms with Crippen molar-refractivity contribution in [3.8, 4) is 11.8 Å². The molecule has 1 fully saturated rings. The summed E-state index contributed by atoms with van der Waals surface area (Å²) in [5, 5.41) is 9.16. The molecule has 0 N–H and O–H groups in total. The van der Waals surface area contributed by atoms with E-state index < -0.39 is 22.5 Å². The van der Waals surface area contributed by atoms with Crippen molar-refractivity contribution >= 4 is 15.9 Å². The highest BCUT2D eigenvalue weighted by Crippen LogP contribution is 2.22. The van der Waals surface area contributed by atoms with E-state index in [1.54, 1.807) is 12.1 Å². The highest BCUT2D eigenvalue weighted by Gasteiger charge is 2.31. The van der Waals surface area contributed by atoms with Crippen molar-refractivity contribution in [2.45, 2.75) is 11.5 Å². The van der Waals surface area contributed by atoms with Gasteiger partial charge in [-0.25, -0.2) is 8.42 Å². The zero-order valence-corrected chi connectivity index (χ0v) is 16.0. The van der Waals surface area contributed by atoms with E-state index in [2.05, 4.69) is 4.74 Å². The number of carbonyl (C=O) groups is 1. The molecular formula is C19H17F2N3O4S. The number of ether oxygens (including phenoxy) is 1. The molecule has 1 amide bonds. The average Bonchev–Trinajstić information content (AvgIpc) is 2.73. The molecule has 1 aliphatic heterocycles. The standard InChI is InChI=1S/C19H17F2N3O4S/c20-19(21)28-16-6-3-5-14(12-16)18(25)23-8-10-24(11-9-23)29(26,27)17-7-2-1-4-15(17)13-22/h1-7,12,19H,8-11H2. The van der Waals surface area contributed by atoms with Crippen LogP contribution in [0.1, 0.15) is 15.9 Å². The molecule has 1 saturated heterocycles. The second-order valence-electron chi connectivity index (χ2n) is 6.21. The summed E-state index contributed by atoms with van der Waals surface area (Å²) < 4.78 is 55.9. The minimum absolute atomic E-state index is 0.0566. The van der Waals surface area contributed by atoms with Gasteiger partial charge < -0.3 is 9.64 Å². The van der Waals surface area contributed by atoms with Crippen LogP contribution in [0.2, 0.25) is 0 Å². The number of amides is 1. The maximum atomic E-state index is 12.8. The number of piperazine rings is 1. The Hall–Kier alpha value is -3.03. The van der Waals surface area contributed by atoms with E-state index in [0.29, 0.717) is 0 Å². The van der Waals surface area contributed by atoms with E-state index in [1.807, 2.05) is 6.07 Å². The molecule has 10 heteroatoms. The Labute approximate surface area is 166 Å². The first-order valence-electron chi connectivity index (χ1n) is 8.66. The van der Waals surface area contributed by atoms with Crippen molar-refractivity contribution < 1.29 is 26.7 Å². The fourth-order valence-corrected chi connectivity index (χ4v) is 4.61. The molecule has 0 spiro atoms. The van der Waals surface area contributed by atoms with Crippen LogP contribution in [0, 0.1) is 11.3 Å². The van der Waals surface area contributed by atoms with Crippen LogP contribution in [0.5, 0.6) is 5.75 Å². The molecule has 0 atom stereocenters. The lowest BCUT2D eigenvalue weighted by atomic mass is 10.1. The minimum atomic E-state index is -3.87. The molecular weight excluding hydrogens is 404 g/mol. The Morgan fingerprint density at radius 2 is 1.76 bits per heavy atom. The molecule has 152 valence electrons. The molecule has 0 unspecified atom stereocenters. The average molecular weight is 421 g/mol. The van der Waals surface area contributed by atoms with Gasteiger partial charge in [0.15, 0.2) is 0 Å². The molecule has 0 radical (unpaired) electrons. The van der Waals surface area contributed by atoms with Gasteiger partial charge in [0, 0.05) is 31.7 Å². The summed E-state index contributed by atoms with van der Waals surface area (Å²) in [7, 11) is -3.87. The predicted octanol–water partition coefficient (Wildman–Crippen LogP) is 2.31. The molecule has 29 heavy (non-hydrogen) atoms. The number of nitrogens with zero attached hydrogens (tertiary/aromatic N) is 3. The number of hydrogen-bond acceptors (Lipinski definition) is 5. The van der Waals surface area contributed by atoms with E-state index in [4.69, 9.17) is 5.26 Å². The van der Waals surface area contributed by atoms with Crippen LogP contribution in [0.25, 0.3) is 0 Å². The molecule has 0 aromatic heterocycles. The van der Waals surface area contributed by atoms with E-state index in [9.17, 15) is 22.0 Å². The van der Waals surface area contributed by atoms with Gasteiger partial charge in [-0.3, -0.25) is 4.79 Å². The Balaban J connectivity index is 1.70. The normalized spacial score (nSPS) is 15.2. The van der Waals surface area contributed by atoms with Crippen molar-refractivity contribution in [3.63, 3.8) is 0 Å². The van der Waals surface area contributed by atoms with E-state index in [1.165, 1.54) is 45.6 Å². The summed E-state index contributed by atoms with van der Waals surface area (Å²) in [6.07, 6.45) is 0. The lowest BCUT2D eigenvalue weighted by molar-refractivity contribution is -0.0499. The summed E-state index contributed by atoms with van der Waals surface area (Å²) in [4.78, 5) is 14.0. The molecule has 0 saturated carbocycles. The highest BCUT2D eigenvalue weighted by atomic mass is 32.2. The molecule has 0 bridgehead atoms. The van der Waals surface area contributed by atoms with Gasteiger partial charge in [-0.15, -0.1) is 0 Å². The first kappa shape index (κ1) is 20.7. The fraction of sp³-hybridized carbons (Fsp3) is 0.263. The van der Waals surface area contributed by atoms with Gasteiger partial charge in [0.1, 0.15) is 11.8 Å². The lowest BCUT2D eigenvalue weighted by Crippen LogP contribution is -2.50. The zero-order valence-electron chi connectivity index (χ0n) is 15.2. The van der Waals surface area contributed by atoms with Crippen LogP contribution < -0.4 is 4.74 Å². The van der Waals surface area contributed by atoms with Crippen LogP contribution in [0.4, 0.5) is 8.78 Å².